The number of ether oxygens (including phenoxy) is 1. The molecule has 1 aliphatic rings. The first kappa shape index (κ1) is 17.8. The minimum Gasteiger partial charge on any atom is -0.444 e. The molecule has 1 aromatic rings. The van der Waals surface area contributed by atoms with Crippen molar-refractivity contribution in [3.8, 4) is 0 Å². The first-order valence-corrected chi connectivity index (χ1v) is 8.28. The van der Waals surface area contributed by atoms with E-state index in [9.17, 15) is 4.79 Å². The van der Waals surface area contributed by atoms with Gasteiger partial charge in [-0.25, -0.2) is 4.79 Å². The predicted octanol–water partition coefficient (Wildman–Crippen LogP) is 3.38. The van der Waals surface area contributed by atoms with Crippen molar-refractivity contribution < 1.29 is 14.6 Å². The molecule has 0 saturated carbocycles. The van der Waals surface area contributed by atoms with Gasteiger partial charge in [-0.2, -0.15) is 0 Å². The molecule has 1 amide bonds. The van der Waals surface area contributed by atoms with Gasteiger partial charge in [-0.3, -0.25) is 5.32 Å². The zero-order valence-electron chi connectivity index (χ0n) is 14.5. The highest BCUT2D eigenvalue weighted by molar-refractivity contribution is 5.85. The van der Waals surface area contributed by atoms with E-state index >= 15 is 0 Å². The topological polar surface area (TPSA) is 70.6 Å². The Morgan fingerprint density at radius 1 is 1.43 bits per heavy atom. The third-order valence-corrected chi connectivity index (χ3v) is 3.91. The van der Waals surface area contributed by atoms with E-state index in [0.29, 0.717) is 6.04 Å². The molecule has 5 nitrogen and oxygen atoms in total. The lowest BCUT2D eigenvalue weighted by atomic mass is 10.1. The van der Waals surface area contributed by atoms with Crippen LogP contribution in [0, 0.1) is 0 Å². The fraction of sp³-hybridized carbons (Fsp3) is 0.611. The molecule has 1 aliphatic carbocycles. The lowest BCUT2D eigenvalue weighted by Gasteiger charge is -2.21. The van der Waals surface area contributed by atoms with Crippen molar-refractivity contribution in [3.63, 3.8) is 0 Å². The van der Waals surface area contributed by atoms with Gasteiger partial charge in [0.2, 0.25) is 0 Å². The molecule has 0 saturated heterocycles. The van der Waals surface area contributed by atoms with Gasteiger partial charge in [-0.1, -0.05) is 6.07 Å². The summed E-state index contributed by atoms with van der Waals surface area (Å²) in [5, 5.41) is 15.4. The summed E-state index contributed by atoms with van der Waals surface area (Å²) in [5.41, 5.74) is 2.80. The average molecular weight is 320 g/mol. The van der Waals surface area contributed by atoms with Gasteiger partial charge in [-0.05, 0) is 70.2 Å². The second-order valence-electron chi connectivity index (χ2n) is 7.21. The number of benzene rings is 1. The van der Waals surface area contributed by atoms with Crippen LogP contribution in [0.15, 0.2) is 18.2 Å². The number of aliphatic hydroxyl groups excluding tert-OH is 1. The molecule has 0 fully saturated rings. The van der Waals surface area contributed by atoms with Gasteiger partial charge in [0, 0.05) is 24.4 Å². The van der Waals surface area contributed by atoms with E-state index in [2.05, 4.69) is 23.6 Å². The number of hydrogen-bond donors (Lipinski definition) is 3. The quantitative estimate of drug-likeness (QED) is 0.778. The molecule has 0 bridgehead atoms. The van der Waals surface area contributed by atoms with Crippen LogP contribution in [0.25, 0.3) is 0 Å². The van der Waals surface area contributed by atoms with Gasteiger partial charge in [0.15, 0.2) is 0 Å². The molecule has 5 heteroatoms. The zero-order valence-corrected chi connectivity index (χ0v) is 14.5. The Balaban J connectivity index is 2.00. The largest absolute Gasteiger partial charge is 0.444 e. The molecule has 2 rings (SSSR count). The second-order valence-corrected chi connectivity index (χ2v) is 7.21. The number of fused-ring (bicyclic) bond motifs is 1. The van der Waals surface area contributed by atoms with Crippen LogP contribution in [0.3, 0.4) is 0 Å². The first-order chi connectivity index (χ1) is 10.8. The minimum atomic E-state index is -0.501. The van der Waals surface area contributed by atoms with Crippen molar-refractivity contribution in [2.24, 2.45) is 0 Å². The molecular weight excluding hydrogens is 292 g/mol. The Hall–Kier alpha value is -1.59. The van der Waals surface area contributed by atoms with Crippen molar-refractivity contribution in [2.75, 3.05) is 11.9 Å². The maximum Gasteiger partial charge on any atom is 0.412 e. The Morgan fingerprint density at radius 2 is 2.17 bits per heavy atom. The van der Waals surface area contributed by atoms with Crippen LogP contribution in [-0.4, -0.2) is 29.4 Å². The zero-order chi connectivity index (χ0) is 17.0. The molecule has 1 aromatic carbocycles. The van der Waals surface area contributed by atoms with Crippen molar-refractivity contribution in [3.05, 3.63) is 29.3 Å². The summed E-state index contributed by atoms with van der Waals surface area (Å²) < 4.78 is 5.28. The first-order valence-electron chi connectivity index (χ1n) is 8.28. The second kappa shape index (κ2) is 7.32. The number of carbonyl (C=O) groups is 1. The number of anilines is 1. The van der Waals surface area contributed by atoms with E-state index in [1.54, 1.807) is 0 Å². The van der Waals surface area contributed by atoms with Gasteiger partial charge in [0.05, 0.1) is 0 Å². The normalized spacial score (nSPS) is 18.4. The molecule has 2 atom stereocenters. The van der Waals surface area contributed by atoms with Gasteiger partial charge in [0.25, 0.3) is 0 Å². The van der Waals surface area contributed by atoms with E-state index in [-0.39, 0.29) is 12.6 Å². The Bertz CT molecular complexity index is 552. The third kappa shape index (κ3) is 5.22. The minimum absolute atomic E-state index is 0.201. The third-order valence-electron chi connectivity index (χ3n) is 3.91. The molecule has 0 heterocycles. The number of nitrogens with one attached hydrogen (secondary N) is 2. The highest BCUT2D eigenvalue weighted by atomic mass is 16.6. The SMILES string of the molecule is CC(CCO)NC1CCc2cc(NC(=O)OC(C)(C)C)ccc21. The molecular formula is C18H28N2O3. The van der Waals surface area contributed by atoms with E-state index in [1.807, 2.05) is 32.9 Å². The van der Waals surface area contributed by atoms with Crippen LogP contribution < -0.4 is 10.6 Å². The highest BCUT2D eigenvalue weighted by Crippen LogP contribution is 2.33. The van der Waals surface area contributed by atoms with Crippen molar-refractivity contribution in [1.82, 2.24) is 5.32 Å². The summed E-state index contributed by atoms with van der Waals surface area (Å²) in [6.45, 7) is 7.83. The van der Waals surface area contributed by atoms with Crippen LogP contribution >= 0.6 is 0 Å². The van der Waals surface area contributed by atoms with Crippen LogP contribution in [0.5, 0.6) is 0 Å². The Morgan fingerprint density at radius 3 is 2.83 bits per heavy atom. The van der Waals surface area contributed by atoms with Crippen LogP contribution in [0.1, 0.15) is 57.7 Å². The molecule has 0 aliphatic heterocycles. The summed E-state index contributed by atoms with van der Waals surface area (Å²) >= 11 is 0. The van der Waals surface area contributed by atoms with Gasteiger partial charge < -0.3 is 15.2 Å². The Labute approximate surface area is 138 Å². The van der Waals surface area contributed by atoms with Crippen molar-refractivity contribution >= 4 is 11.8 Å². The summed E-state index contributed by atoms with van der Waals surface area (Å²) in [7, 11) is 0. The molecule has 2 unspecified atom stereocenters. The van der Waals surface area contributed by atoms with Crippen LogP contribution in [-0.2, 0) is 11.2 Å². The lowest BCUT2D eigenvalue weighted by molar-refractivity contribution is 0.0636. The smallest absolute Gasteiger partial charge is 0.412 e. The number of carbonyl (C=O) groups excluding carboxylic acids is 1. The Kier molecular flexibility index (Phi) is 5.65. The predicted molar refractivity (Wildman–Crippen MR) is 91.7 cm³/mol. The monoisotopic (exact) mass is 320 g/mol. The van der Waals surface area contributed by atoms with Crippen LogP contribution in [0.2, 0.25) is 0 Å². The average Bonchev–Trinajstić information content (AvgIpc) is 2.79. The van der Waals surface area contributed by atoms with E-state index in [4.69, 9.17) is 9.84 Å². The van der Waals surface area contributed by atoms with Gasteiger partial charge in [-0.15, -0.1) is 0 Å². The highest BCUT2D eigenvalue weighted by Gasteiger charge is 2.24. The van der Waals surface area contributed by atoms with Crippen LogP contribution in [0.4, 0.5) is 10.5 Å². The number of hydrogen-bond acceptors (Lipinski definition) is 4. The molecule has 23 heavy (non-hydrogen) atoms. The molecule has 0 aromatic heterocycles. The van der Waals surface area contributed by atoms with Gasteiger partial charge >= 0.3 is 6.09 Å². The number of rotatable bonds is 5. The fourth-order valence-electron chi connectivity index (χ4n) is 2.91. The number of aryl methyl sites for hydroxylation is 1. The maximum atomic E-state index is 11.8. The van der Waals surface area contributed by atoms with E-state index in [1.165, 1.54) is 11.1 Å². The summed E-state index contributed by atoms with van der Waals surface area (Å²) in [4.78, 5) is 11.8. The summed E-state index contributed by atoms with van der Waals surface area (Å²) in [6, 6.07) is 6.62. The lowest BCUT2D eigenvalue weighted by Crippen LogP contribution is -2.30. The molecule has 3 N–H and O–H groups in total. The van der Waals surface area contributed by atoms with E-state index in [0.717, 1.165) is 24.9 Å². The van der Waals surface area contributed by atoms with Crippen molar-refractivity contribution in [1.29, 1.82) is 0 Å². The maximum absolute atomic E-state index is 11.8. The van der Waals surface area contributed by atoms with E-state index < -0.39 is 11.7 Å². The standard InChI is InChI=1S/C18H28N2O3/c1-12(9-10-21)19-16-8-5-13-11-14(6-7-15(13)16)20-17(22)23-18(2,3)4/h6-7,11-12,16,19,21H,5,8-10H2,1-4H3,(H,20,22). The summed E-state index contributed by atoms with van der Waals surface area (Å²) in [6.07, 6.45) is 2.36. The fourth-order valence-corrected chi connectivity index (χ4v) is 2.91. The molecule has 0 spiro atoms. The summed E-state index contributed by atoms with van der Waals surface area (Å²) in [5.74, 6) is 0. The molecule has 128 valence electrons. The number of amides is 1. The number of aliphatic hydroxyl groups is 1. The van der Waals surface area contributed by atoms with Crippen molar-refractivity contribution in [2.45, 2.75) is 64.6 Å². The molecule has 0 radical (unpaired) electrons. The van der Waals surface area contributed by atoms with Gasteiger partial charge in [0.1, 0.15) is 5.60 Å².